The molecule has 2 fully saturated rings. The predicted octanol–water partition coefficient (Wildman–Crippen LogP) is 2.40. The molecule has 1 aliphatic carbocycles. The number of likely N-dealkylation sites (tertiary alicyclic amines) is 1. The number of rotatable bonds is 3. The molecule has 2 nitrogen and oxygen atoms in total. The summed E-state index contributed by atoms with van der Waals surface area (Å²) in [4.78, 5) is 2.48. The highest BCUT2D eigenvalue weighted by Gasteiger charge is 2.45. The van der Waals surface area contributed by atoms with E-state index in [4.69, 9.17) is 0 Å². The second-order valence-corrected chi connectivity index (χ2v) is 6.43. The van der Waals surface area contributed by atoms with Crippen LogP contribution in [-0.4, -0.2) is 40.1 Å². The second-order valence-electron chi connectivity index (χ2n) is 5.87. The normalized spacial score (nSPS) is 34.0. The molecule has 3 heteroatoms. The van der Waals surface area contributed by atoms with E-state index in [0.29, 0.717) is 5.41 Å². The topological polar surface area (TPSA) is 23.5 Å². The third kappa shape index (κ3) is 1.98. The van der Waals surface area contributed by atoms with Gasteiger partial charge >= 0.3 is 0 Å². The van der Waals surface area contributed by atoms with Crippen molar-refractivity contribution in [2.45, 2.75) is 51.2 Å². The van der Waals surface area contributed by atoms with E-state index in [2.05, 4.69) is 34.7 Å². The fourth-order valence-electron chi connectivity index (χ4n) is 2.83. The zero-order valence-corrected chi connectivity index (χ0v) is 11.4. The molecule has 0 aromatic heterocycles. The van der Waals surface area contributed by atoms with E-state index in [9.17, 15) is 5.11 Å². The molecule has 1 aliphatic heterocycles. The summed E-state index contributed by atoms with van der Waals surface area (Å²) >= 11 is 3.65. The van der Waals surface area contributed by atoms with Crippen LogP contribution >= 0.6 is 15.9 Å². The molecule has 1 unspecified atom stereocenters. The van der Waals surface area contributed by atoms with E-state index in [1.54, 1.807) is 0 Å². The quantitative estimate of drug-likeness (QED) is 0.800. The Morgan fingerprint density at radius 2 is 2.07 bits per heavy atom. The van der Waals surface area contributed by atoms with Crippen LogP contribution in [0.2, 0.25) is 0 Å². The van der Waals surface area contributed by atoms with Gasteiger partial charge in [-0.3, -0.25) is 4.90 Å². The zero-order valence-electron chi connectivity index (χ0n) is 9.80. The van der Waals surface area contributed by atoms with Gasteiger partial charge in [-0.25, -0.2) is 0 Å². The molecule has 88 valence electrons. The van der Waals surface area contributed by atoms with Crippen LogP contribution in [0.1, 0.15) is 39.5 Å². The van der Waals surface area contributed by atoms with Crippen LogP contribution in [0.5, 0.6) is 0 Å². The average Bonchev–Trinajstić information content (AvgIpc) is 2.37. The molecule has 0 aromatic carbocycles. The van der Waals surface area contributed by atoms with Gasteiger partial charge in [0.2, 0.25) is 0 Å². The minimum absolute atomic E-state index is 0.0231. The second kappa shape index (κ2) is 4.01. The summed E-state index contributed by atoms with van der Waals surface area (Å²) in [6.07, 6.45) is 4.86. The molecule has 1 saturated heterocycles. The summed E-state index contributed by atoms with van der Waals surface area (Å²) in [6.45, 7) is 6.56. The first-order valence-electron chi connectivity index (χ1n) is 5.99. The van der Waals surface area contributed by atoms with Crippen molar-refractivity contribution in [1.29, 1.82) is 0 Å². The molecule has 15 heavy (non-hydrogen) atoms. The number of nitrogens with zero attached hydrogens (tertiary/aromatic N) is 1. The highest BCUT2D eigenvalue weighted by atomic mass is 79.9. The van der Waals surface area contributed by atoms with Crippen LogP contribution in [0.25, 0.3) is 0 Å². The minimum atomic E-state index is -0.148. The van der Waals surface area contributed by atoms with Gasteiger partial charge in [0.1, 0.15) is 0 Å². The zero-order chi connectivity index (χ0) is 11.1. The third-order valence-electron chi connectivity index (χ3n) is 4.53. The van der Waals surface area contributed by atoms with Crippen molar-refractivity contribution < 1.29 is 5.11 Å². The summed E-state index contributed by atoms with van der Waals surface area (Å²) < 4.78 is 0. The molecule has 0 radical (unpaired) electrons. The van der Waals surface area contributed by atoms with Gasteiger partial charge in [-0.05, 0) is 38.5 Å². The van der Waals surface area contributed by atoms with E-state index < -0.39 is 0 Å². The number of halogens is 1. The molecule has 2 rings (SSSR count). The molecule has 0 amide bonds. The minimum Gasteiger partial charge on any atom is -0.391 e. The monoisotopic (exact) mass is 275 g/mol. The SMILES string of the molecule is CC1(C)C(O)CCN1CC1(CBr)CCC1. The molecule has 0 spiro atoms. The van der Waals surface area contributed by atoms with Crippen LogP contribution < -0.4 is 0 Å². The summed E-state index contributed by atoms with van der Waals surface area (Å²) in [5.41, 5.74) is 0.478. The fraction of sp³-hybridized carbons (Fsp3) is 1.00. The standard InChI is InChI=1S/C12H22BrNO/c1-11(2)10(15)4-7-14(11)9-12(8-13)5-3-6-12/h10,15H,3-9H2,1-2H3. The van der Waals surface area contributed by atoms with Gasteiger partial charge in [-0.2, -0.15) is 0 Å². The van der Waals surface area contributed by atoms with Crippen LogP contribution in [0, 0.1) is 5.41 Å². The van der Waals surface area contributed by atoms with Gasteiger partial charge in [-0.1, -0.05) is 22.4 Å². The molecule has 1 saturated carbocycles. The van der Waals surface area contributed by atoms with E-state index in [0.717, 1.165) is 24.8 Å². The lowest BCUT2D eigenvalue weighted by Crippen LogP contribution is -2.51. The Kier molecular flexibility index (Phi) is 3.17. The van der Waals surface area contributed by atoms with Crippen molar-refractivity contribution in [3.63, 3.8) is 0 Å². The molecule has 1 heterocycles. The van der Waals surface area contributed by atoms with E-state index >= 15 is 0 Å². The Morgan fingerprint density at radius 1 is 1.40 bits per heavy atom. The molecule has 0 bridgehead atoms. The first-order chi connectivity index (χ1) is 7.00. The van der Waals surface area contributed by atoms with E-state index in [1.165, 1.54) is 19.3 Å². The van der Waals surface area contributed by atoms with Gasteiger partial charge in [0, 0.05) is 24.0 Å². The first kappa shape index (κ1) is 11.9. The maximum atomic E-state index is 9.93. The Morgan fingerprint density at radius 3 is 2.40 bits per heavy atom. The lowest BCUT2D eigenvalue weighted by atomic mass is 9.70. The number of alkyl halides is 1. The van der Waals surface area contributed by atoms with Crippen LogP contribution in [0.4, 0.5) is 0 Å². The van der Waals surface area contributed by atoms with Crippen molar-refractivity contribution >= 4 is 15.9 Å². The molecule has 1 atom stereocenters. The van der Waals surface area contributed by atoms with E-state index in [1.807, 2.05) is 0 Å². The summed E-state index contributed by atoms with van der Waals surface area (Å²) in [5, 5.41) is 11.0. The molecular weight excluding hydrogens is 254 g/mol. The van der Waals surface area contributed by atoms with Crippen molar-refractivity contribution in [3.8, 4) is 0 Å². The van der Waals surface area contributed by atoms with E-state index in [-0.39, 0.29) is 11.6 Å². The highest BCUT2D eigenvalue weighted by molar-refractivity contribution is 9.09. The van der Waals surface area contributed by atoms with Crippen molar-refractivity contribution in [2.24, 2.45) is 5.41 Å². The summed E-state index contributed by atoms with van der Waals surface area (Å²) in [6, 6.07) is 0. The van der Waals surface area contributed by atoms with Crippen LogP contribution in [0.3, 0.4) is 0 Å². The summed E-state index contributed by atoms with van der Waals surface area (Å²) in [7, 11) is 0. The van der Waals surface area contributed by atoms with Crippen LogP contribution in [0.15, 0.2) is 0 Å². The molecule has 1 N–H and O–H groups in total. The van der Waals surface area contributed by atoms with Crippen LogP contribution in [-0.2, 0) is 0 Å². The maximum absolute atomic E-state index is 9.93. The molecular formula is C12H22BrNO. The van der Waals surface area contributed by atoms with Crippen molar-refractivity contribution in [3.05, 3.63) is 0 Å². The highest BCUT2D eigenvalue weighted by Crippen LogP contribution is 2.45. The lowest BCUT2D eigenvalue weighted by molar-refractivity contribution is 0.0120. The van der Waals surface area contributed by atoms with Crippen molar-refractivity contribution in [1.82, 2.24) is 4.90 Å². The number of hydrogen-bond acceptors (Lipinski definition) is 2. The predicted molar refractivity (Wildman–Crippen MR) is 66.4 cm³/mol. The number of aliphatic hydroxyl groups is 1. The lowest BCUT2D eigenvalue weighted by Gasteiger charge is -2.46. The molecule has 0 aromatic rings. The fourth-order valence-corrected chi connectivity index (χ4v) is 3.57. The Bertz CT molecular complexity index is 232. The maximum Gasteiger partial charge on any atom is 0.0730 e. The smallest absolute Gasteiger partial charge is 0.0730 e. The number of hydrogen-bond donors (Lipinski definition) is 1. The Hall–Kier alpha value is 0.400. The summed E-state index contributed by atoms with van der Waals surface area (Å²) in [5.74, 6) is 0. The first-order valence-corrected chi connectivity index (χ1v) is 7.11. The third-order valence-corrected chi connectivity index (χ3v) is 5.72. The van der Waals surface area contributed by atoms with Gasteiger partial charge < -0.3 is 5.11 Å². The average molecular weight is 276 g/mol. The van der Waals surface area contributed by atoms with Gasteiger partial charge in [0.25, 0.3) is 0 Å². The Labute approximate surface area is 101 Å². The van der Waals surface area contributed by atoms with Gasteiger partial charge in [-0.15, -0.1) is 0 Å². The largest absolute Gasteiger partial charge is 0.391 e. The van der Waals surface area contributed by atoms with Crippen molar-refractivity contribution in [2.75, 3.05) is 18.4 Å². The van der Waals surface area contributed by atoms with Gasteiger partial charge in [0.05, 0.1) is 6.10 Å². The Balaban J connectivity index is 2.00. The number of aliphatic hydroxyl groups excluding tert-OH is 1. The van der Waals surface area contributed by atoms with Gasteiger partial charge in [0.15, 0.2) is 0 Å². The molecule has 2 aliphatic rings.